The van der Waals surface area contributed by atoms with Crippen molar-refractivity contribution in [3.05, 3.63) is 0 Å². The quantitative estimate of drug-likeness (QED) is 0.646. The van der Waals surface area contributed by atoms with Gasteiger partial charge in [0.15, 0.2) is 0 Å². The van der Waals surface area contributed by atoms with Crippen LogP contribution in [0.1, 0.15) is 33.1 Å². The van der Waals surface area contributed by atoms with Crippen LogP contribution in [0.15, 0.2) is 0 Å². The molecule has 1 saturated heterocycles. The van der Waals surface area contributed by atoms with Crippen LogP contribution in [0.25, 0.3) is 0 Å². The lowest BCUT2D eigenvalue weighted by molar-refractivity contribution is -0.147. The van der Waals surface area contributed by atoms with Gasteiger partial charge in [-0.2, -0.15) is 0 Å². The minimum atomic E-state index is -0.750. The summed E-state index contributed by atoms with van der Waals surface area (Å²) in [5, 5.41) is 2.21. The molecule has 5 heteroatoms. The minimum absolute atomic E-state index is 0.369. The fourth-order valence-electron chi connectivity index (χ4n) is 2.10. The van der Waals surface area contributed by atoms with Gasteiger partial charge in [0.05, 0.1) is 0 Å². The molecular formula is C10H14N2O3. The Balaban J connectivity index is 2.27. The van der Waals surface area contributed by atoms with Gasteiger partial charge in [0.25, 0.3) is 0 Å². The predicted octanol–water partition coefficient (Wildman–Crippen LogP) is 0.643. The largest absolute Gasteiger partial charge is 0.331 e. The fraction of sp³-hybridized carbons (Fsp3) is 0.700. The number of carbonyl (C=O) groups is 3. The van der Waals surface area contributed by atoms with Gasteiger partial charge in [0.2, 0.25) is 11.8 Å². The number of barbiturate groups is 1. The lowest BCUT2D eigenvalue weighted by Gasteiger charge is -2.48. The molecule has 1 heterocycles. The van der Waals surface area contributed by atoms with Crippen LogP contribution in [0.4, 0.5) is 4.79 Å². The first-order chi connectivity index (χ1) is 6.96. The van der Waals surface area contributed by atoms with Crippen molar-refractivity contribution in [2.75, 3.05) is 0 Å². The molecule has 0 bridgehead atoms. The van der Waals surface area contributed by atoms with E-state index in [0.29, 0.717) is 0 Å². The van der Waals surface area contributed by atoms with Crippen LogP contribution < -0.4 is 5.32 Å². The molecule has 0 spiro atoms. The lowest BCUT2D eigenvalue weighted by atomic mass is 9.76. The Morgan fingerprint density at radius 1 is 1.33 bits per heavy atom. The third kappa shape index (κ3) is 1.33. The maximum absolute atomic E-state index is 11.8. The molecule has 0 aromatic heterocycles. The highest BCUT2D eigenvalue weighted by Gasteiger charge is 2.49. The first-order valence-corrected chi connectivity index (χ1v) is 5.15. The van der Waals surface area contributed by atoms with E-state index in [9.17, 15) is 14.4 Å². The third-order valence-electron chi connectivity index (χ3n) is 3.39. The second-order valence-corrected chi connectivity index (χ2v) is 4.54. The first kappa shape index (κ1) is 10.1. The zero-order valence-corrected chi connectivity index (χ0v) is 8.87. The Labute approximate surface area is 87.8 Å². The minimum Gasteiger partial charge on any atom is -0.277 e. The SMILES string of the molecule is CC1C(=O)NC(=O)N(C2(C)CCC2)C1=O. The molecule has 82 valence electrons. The fourth-order valence-corrected chi connectivity index (χ4v) is 2.10. The average Bonchev–Trinajstić information content (AvgIpc) is 2.11. The number of hydrogen-bond acceptors (Lipinski definition) is 3. The molecule has 0 aromatic rings. The van der Waals surface area contributed by atoms with Gasteiger partial charge in [-0.05, 0) is 33.1 Å². The molecule has 15 heavy (non-hydrogen) atoms. The molecule has 1 aliphatic heterocycles. The monoisotopic (exact) mass is 210 g/mol. The van der Waals surface area contributed by atoms with Gasteiger partial charge in [-0.3, -0.25) is 19.8 Å². The number of carbonyl (C=O) groups excluding carboxylic acids is 3. The van der Waals surface area contributed by atoms with Crippen LogP contribution in [0.2, 0.25) is 0 Å². The predicted molar refractivity (Wildman–Crippen MR) is 51.8 cm³/mol. The summed E-state index contributed by atoms with van der Waals surface area (Å²) in [4.78, 5) is 35.8. The summed E-state index contributed by atoms with van der Waals surface area (Å²) < 4.78 is 0. The molecular weight excluding hydrogens is 196 g/mol. The van der Waals surface area contributed by atoms with Crippen molar-refractivity contribution in [1.29, 1.82) is 0 Å². The maximum Gasteiger partial charge on any atom is 0.331 e. The van der Waals surface area contributed by atoms with Crippen molar-refractivity contribution >= 4 is 17.8 Å². The molecule has 1 saturated carbocycles. The molecule has 2 fully saturated rings. The van der Waals surface area contributed by atoms with E-state index in [1.54, 1.807) is 0 Å². The van der Waals surface area contributed by atoms with Gasteiger partial charge in [-0.1, -0.05) is 0 Å². The molecule has 4 amide bonds. The molecule has 1 N–H and O–H groups in total. The molecule has 2 aliphatic rings. The third-order valence-corrected chi connectivity index (χ3v) is 3.39. The highest BCUT2D eigenvalue weighted by molar-refractivity contribution is 6.16. The van der Waals surface area contributed by atoms with Crippen LogP contribution in [0.5, 0.6) is 0 Å². The van der Waals surface area contributed by atoms with Gasteiger partial charge in [-0.15, -0.1) is 0 Å². The van der Waals surface area contributed by atoms with Crippen LogP contribution in [-0.4, -0.2) is 28.3 Å². The smallest absolute Gasteiger partial charge is 0.277 e. The van der Waals surface area contributed by atoms with E-state index in [4.69, 9.17) is 0 Å². The number of nitrogens with zero attached hydrogens (tertiary/aromatic N) is 1. The van der Waals surface area contributed by atoms with E-state index in [2.05, 4.69) is 5.32 Å². The molecule has 0 radical (unpaired) electrons. The van der Waals surface area contributed by atoms with Crippen molar-refractivity contribution in [3.8, 4) is 0 Å². The number of imide groups is 2. The molecule has 2 rings (SSSR count). The van der Waals surface area contributed by atoms with Gasteiger partial charge in [0, 0.05) is 5.54 Å². The van der Waals surface area contributed by atoms with Crippen molar-refractivity contribution in [2.45, 2.75) is 38.6 Å². The highest BCUT2D eigenvalue weighted by Crippen LogP contribution is 2.38. The van der Waals surface area contributed by atoms with Crippen LogP contribution >= 0.6 is 0 Å². The Morgan fingerprint density at radius 2 is 1.93 bits per heavy atom. The number of hydrogen-bond donors (Lipinski definition) is 1. The summed E-state index contributed by atoms with van der Waals surface area (Å²) in [7, 11) is 0. The second kappa shape index (κ2) is 3.05. The van der Waals surface area contributed by atoms with Gasteiger partial charge in [0.1, 0.15) is 5.92 Å². The van der Waals surface area contributed by atoms with Crippen LogP contribution in [0.3, 0.4) is 0 Å². The Bertz CT molecular complexity index is 347. The second-order valence-electron chi connectivity index (χ2n) is 4.54. The number of urea groups is 1. The van der Waals surface area contributed by atoms with Crippen molar-refractivity contribution in [1.82, 2.24) is 10.2 Å². The Morgan fingerprint density at radius 3 is 2.40 bits per heavy atom. The van der Waals surface area contributed by atoms with Gasteiger partial charge >= 0.3 is 6.03 Å². The molecule has 1 atom stereocenters. The summed E-state index contributed by atoms with van der Waals surface area (Å²) in [6, 6.07) is -0.565. The number of amides is 4. The van der Waals surface area contributed by atoms with Crippen molar-refractivity contribution in [2.24, 2.45) is 5.92 Å². The van der Waals surface area contributed by atoms with E-state index >= 15 is 0 Å². The molecule has 1 aliphatic carbocycles. The molecule has 5 nitrogen and oxygen atoms in total. The number of rotatable bonds is 1. The number of nitrogens with one attached hydrogen (secondary N) is 1. The summed E-state index contributed by atoms with van der Waals surface area (Å²) in [5.74, 6) is -1.62. The Kier molecular flexibility index (Phi) is 2.06. The van der Waals surface area contributed by atoms with Gasteiger partial charge in [-0.25, -0.2) is 4.79 Å². The summed E-state index contributed by atoms with van der Waals surface area (Å²) >= 11 is 0. The summed E-state index contributed by atoms with van der Waals surface area (Å²) in [5.41, 5.74) is -0.379. The first-order valence-electron chi connectivity index (χ1n) is 5.15. The molecule has 0 aromatic carbocycles. The molecule has 1 unspecified atom stereocenters. The summed E-state index contributed by atoms with van der Waals surface area (Å²) in [6.07, 6.45) is 2.68. The van der Waals surface area contributed by atoms with Crippen LogP contribution in [-0.2, 0) is 9.59 Å². The standard InChI is InChI=1S/C10H14N2O3/c1-6-7(13)11-9(15)12(8(6)14)10(2)4-3-5-10/h6H,3-5H2,1-2H3,(H,11,13,15). The normalized spacial score (nSPS) is 29.9. The zero-order valence-electron chi connectivity index (χ0n) is 8.87. The highest BCUT2D eigenvalue weighted by atomic mass is 16.2. The van der Waals surface area contributed by atoms with E-state index < -0.39 is 17.9 Å². The lowest BCUT2D eigenvalue weighted by Crippen LogP contribution is -2.66. The van der Waals surface area contributed by atoms with E-state index in [1.165, 1.54) is 11.8 Å². The Hall–Kier alpha value is -1.39. The van der Waals surface area contributed by atoms with Crippen LogP contribution in [0, 0.1) is 5.92 Å². The zero-order chi connectivity index (χ0) is 11.2. The van der Waals surface area contributed by atoms with E-state index in [0.717, 1.165) is 19.3 Å². The van der Waals surface area contributed by atoms with Crippen molar-refractivity contribution < 1.29 is 14.4 Å². The van der Waals surface area contributed by atoms with E-state index in [1.807, 2.05) is 6.92 Å². The van der Waals surface area contributed by atoms with Gasteiger partial charge < -0.3 is 0 Å². The van der Waals surface area contributed by atoms with Crippen molar-refractivity contribution in [3.63, 3.8) is 0 Å². The maximum atomic E-state index is 11.8. The topological polar surface area (TPSA) is 66.5 Å². The average molecular weight is 210 g/mol. The van der Waals surface area contributed by atoms with E-state index in [-0.39, 0.29) is 11.4 Å². The summed E-state index contributed by atoms with van der Waals surface area (Å²) in [6.45, 7) is 3.41.